The molecule has 25 heavy (non-hydrogen) atoms. The lowest BCUT2D eigenvalue weighted by Gasteiger charge is -2.16. The highest BCUT2D eigenvalue weighted by molar-refractivity contribution is 7.18. The standard InChI is InChI=1S/C18H18N2O4S/c1-20(9-11-2-5-13-14(8-11)24-10-23-13)18(22)15-6-7-16(25-15)19-17(21)12-3-4-12/h2,5-8,12H,3-4,9-10H2,1H3,(H,19,21). The highest BCUT2D eigenvalue weighted by Gasteiger charge is 2.30. The van der Waals surface area contributed by atoms with Crippen LogP contribution in [0.25, 0.3) is 0 Å². The number of carbonyl (C=O) groups is 2. The third kappa shape index (κ3) is 3.46. The van der Waals surface area contributed by atoms with E-state index in [0.29, 0.717) is 17.2 Å². The van der Waals surface area contributed by atoms with Gasteiger partial charge in [-0.3, -0.25) is 9.59 Å². The molecule has 1 aromatic heterocycles. The van der Waals surface area contributed by atoms with E-state index in [2.05, 4.69) is 5.32 Å². The molecule has 0 radical (unpaired) electrons. The minimum atomic E-state index is -0.0745. The molecule has 1 aliphatic carbocycles. The number of carbonyl (C=O) groups excluding carboxylic acids is 2. The van der Waals surface area contributed by atoms with E-state index in [9.17, 15) is 9.59 Å². The quantitative estimate of drug-likeness (QED) is 0.892. The molecule has 0 unspecified atom stereocenters. The first-order valence-electron chi connectivity index (χ1n) is 8.15. The molecular weight excluding hydrogens is 340 g/mol. The van der Waals surface area contributed by atoms with Crippen LogP contribution in [0.2, 0.25) is 0 Å². The van der Waals surface area contributed by atoms with Crippen LogP contribution in [0.5, 0.6) is 11.5 Å². The Morgan fingerprint density at radius 2 is 2.00 bits per heavy atom. The number of benzene rings is 1. The Balaban J connectivity index is 1.40. The first-order chi connectivity index (χ1) is 12.1. The second kappa shape index (κ2) is 6.40. The SMILES string of the molecule is CN(Cc1ccc2c(c1)OCO2)C(=O)c1ccc(NC(=O)C2CC2)s1. The number of nitrogens with one attached hydrogen (secondary N) is 1. The topological polar surface area (TPSA) is 67.9 Å². The largest absolute Gasteiger partial charge is 0.454 e. The van der Waals surface area contributed by atoms with Gasteiger partial charge in [0.2, 0.25) is 12.7 Å². The van der Waals surface area contributed by atoms with Crippen molar-refractivity contribution in [2.45, 2.75) is 19.4 Å². The summed E-state index contributed by atoms with van der Waals surface area (Å²) in [5.41, 5.74) is 0.971. The smallest absolute Gasteiger partial charge is 0.264 e. The highest BCUT2D eigenvalue weighted by Crippen LogP contribution is 2.33. The van der Waals surface area contributed by atoms with E-state index >= 15 is 0 Å². The molecule has 130 valence electrons. The molecule has 0 saturated heterocycles. The third-order valence-corrected chi connectivity index (χ3v) is 5.20. The van der Waals surface area contributed by atoms with E-state index in [1.807, 2.05) is 18.2 Å². The Bertz CT molecular complexity index is 828. The Morgan fingerprint density at radius 1 is 1.20 bits per heavy atom. The zero-order chi connectivity index (χ0) is 17.4. The van der Waals surface area contributed by atoms with E-state index in [-0.39, 0.29) is 24.5 Å². The van der Waals surface area contributed by atoms with Gasteiger partial charge in [-0.2, -0.15) is 0 Å². The third-order valence-electron chi connectivity index (χ3n) is 4.21. The van der Waals surface area contributed by atoms with Gasteiger partial charge in [0.05, 0.1) is 9.88 Å². The van der Waals surface area contributed by atoms with Crippen molar-refractivity contribution in [3.63, 3.8) is 0 Å². The lowest BCUT2D eigenvalue weighted by Crippen LogP contribution is -2.25. The van der Waals surface area contributed by atoms with Crippen molar-refractivity contribution in [2.24, 2.45) is 5.92 Å². The number of hydrogen-bond donors (Lipinski definition) is 1. The van der Waals surface area contributed by atoms with Crippen molar-refractivity contribution >= 4 is 28.2 Å². The van der Waals surface area contributed by atoms with Gasteiger partial charge in [0.1, 0.15) is 0 Å². The highest BCUT2D eigenvalue weighted by atomic mass is 32.1. The number of amides is 2. The second-order valence-corrected chi connectivity index (χ2v) is 7.36. The Morgan fingerprint density at radius 3 is 2.80 bits per heavy atom. The summed E-state index contributed by atoms with van der Waals surface area (Å²) in [6, 6.07) is 9.21. The fraction of sp³-hybridized carbons (Fsp3) is 0.333. The summed E-state index contributed by atoms with van der Waals surface area (Å²) in [5, 5.41) is 3.59. The minimum absolute atomic E-state index is 0.0505. The van der Waals surface area contributed by atoms with Gasteiger partial charge in [0.15, 0.2) is 11.5 Å². The molecule has 0 atom stereocenters. The van der Waals surface area contributed by atoms with Crippen LogP contribution in [-0.4, -0.2) is 30.6 Å². The maximum Gasteiger partial charge on any atom is 0.264 e. The maximum atomic E-state index is 12.6. The van der Waals surface area contributed by atoms with Crippen LogP contribution in [0.1, 0.15) is 28.1 Å². The molecular formula is C18H18N2O4S. The van der Waals surface area contributed by atoms with Crippen LogP contribution < -0.4 is 14.8 Å². The van der Waals surface area contributed by atoms with E-state index < -0.39 is 0 Å². The molecule has 1 saturated carbocycles. The summed E-state index contributed by atoms with van der Waals surface area (Å²) in [7, 11) is 1.76. The van der Waals surface area contributed by atoms with E-state index in [0.717, 1.165) is 29.2 Å². The summed E-state index contributed by atoms with van der Waals surface area (Å²) < 4.78 is 10.7. The lowest BCUT2D eigenvalue weighted by molar-refractivity contribution is -0.117. The lowest BCUT2D eigenvalue weighted by atomic mass is 10.2. The molecule has 0 spiro atoms. The normalized spacial score (nSPS) is 15.1. The fourth-order valence-corrected chi connectivity index (χ4v) is 3.57. The number of rotatable bonds is 5. The molecule has 7 heteroatoms. The van der Waals surface area contributed by atoms with Crippen molar-refractivity contribution in [3.8, 4) is 11.5 Å². The summed E-state index contributed by atoms with van der Waals surface area (Å²) >= 11 is 1.31. The summed E-state index contributed by atoms with van der Waals surface area (Å²) in [4.78, 5) is 26.7. The van der Waals surface area contributed by atoms with Gasteiger partial charge in [0.25, 0.3) is 5.91 Å². The number of nitrogens with zero attached hydrogens (tertiary/aromatic N) is 1. The summed E-state index contributed by atoms with van der Waals surface area (Å²) in [6.07, 6.45) is 1.92. The summed E-state index contributed by atoms with van der Waals surface area (Å²) in [5.74, 6) is 1.56. The predicted octanol–water partition coefficient (Wildman–Crippen LogP) is 3.10. The van der Waals surface area contributed by atoms with Gasteiger partial charge in [0, 0.05) is 19.5 Å². The minimum Gasteiger partial charge on any atom is -0.454 e. The fourth-order valence-electron chi connectivity index (χ4n) is 2.66. The van der Waals surface area contributed by atoms with Crippen LogP contribution in [0.4, 0.5) is 5.00 Å². The molecule has 6 nitrogen and oxygen atoms in total. The monoisotopic (exact) mass is 358 g/mol. The van der Waals surface area contributed by atoms with Crippen LogP contribution in [0, 0.1) is 5.92 Å². The molecule has 1 N–H and O–H groups in total. The molecule has 2 amide bonds. The molecule has 1 aromatic carbocycles. The van der Waals surface area contributed by atoms with Crippen LogP contribution in [0.15, 0.2) is 30.3 Å². The van der Waals surface area contributed by atoms with Crippen molar-refractivity contribution in [2.75, 3.05) is 19.2 Å². The van der Waals surface area contributed by atoms with Gasteiger partial charge < -0.3 is 19.7 Å². The molecule has 2 aliphatic rings. The zero-order valence-corrected chi connectivity index (χ0v) is 14.6. The predicted molar refractivity (Wildman–Crippen MR) is 94.0 cm³/mol. The Kier molecular flexibility index (Phi) is 4.09. The molecule has 1 aliphatic heterocycles. The van der Waals surface area contributed by atoms with Crippen molar-refractivity contribution < 1.29 is 19.1 Å². The molecule has 2 aromatic rings. The number of fused-ring (bicyclic) bond motifs is 1. The Labute approximate surface area is 149 Å². The number of anilines is 1. The van der Waals surface area contributed by atoms with Gasteiger partial charge in [-0.25, -0.2) is 0 Å². The average molecular weight is 358 g/mol. The first-order valence-corrected chi connectivity index (χ1v) is 8.96. The van der Waals surface area contributed by atoms with Crippen LogP contribution in [0.3, 0.4) is 0 Å². The Hall–Kier alpha value is -2.54. The van der Waals surface area contributed by atoms with Crippen molar-refractivity contribution in [1.82, 2.24) is 4.90 Å². The molecule has 0 bridgehead atoms. The first kappa shape index (κ1) is 16.0. The zero-order valence-electron chi connectivity index (χ0n) is 13.8. The van der Waals surface area contributed by atoms with Gasteiger partial charge in [-0.1, -0.05) is 6.07 Å². The van der Waals surface area contributed by atoms with E-state index in [1.165, 1.54) is 11.3 Å². The van der Waals surface area contributed by atoms with Gasteiger partial charge >= 0.3 is 0 Å². The second-order valence-electron chi connectivity index (χ2n) is 6.28. The number of hydrogen-bond acceptors (Lipinski definition) is 5. The average Bonchev–Trinajstić information content (AvgIpc) is 3.18. The van der Waals surface area contributed by atoms with E-state index in [1.54, 1.807) is 24.1 Å². The number of ether oxygens (including phenoxy) is 2. The molecule has 4 rings (SSSR count). The molecule has 2 heterocycles. The van der Waals surface area contributed by atoms with Crippen LogP contribution >= 0.6 is 11.3 Å². The summed E-state index contributed by atoms with van der Waals surface area (Å²) in [6.45, 7) is 0.704. The molecule has 1 fully saturated rings. The van der Waals surface area contributed by atoms with Crippen molar-refractivity contribution in [1.29, 1.82) is 0 Å². The van der Waals surface area contributed by atoms with Gasteiger partial charge in [-0.05, 0) is 42.7 Å². The van der Waals surface area contributed by atoms with Gasteiger partial charge in [-0.15, -0.1) is 11.3 Å². The maximum absolute atomic E-state index is 12.6. The van der Waals surface area contributed by atoms with Crippen molar-refractivity contribution in [3.05, 3.63) is 40.8 Å². The van der Waals surface area contributed by atoms with E-state index in [4.69, 9.17) is 9.47 Å². The van der Waals surface area contributed by atoms with Crippen LogP contribution in [-0.2, 0) is 11.3 Å². The number of thiophene rings is 1.